The lowest BCUT2D eigenvalue weighted by atomic mass is 9.95. The van der Waals surface area contributed by atoms with E-state index in [9.17, 15) is 14.4 Å². The minimum absolute atomic E-state index is 0.185. The van der Waals surface area contributed by atoms with E-state index < -0.39 is 5.97 Å². The number of thioether (sulfide) groups is 1. The predicted octanol–water partition coefficient (Wildman–Crippen LogP) is 5.75. The Kier molecular flexibility index (Phi) is 8.29. The molecule has 7 heteroatoms. The normalized spacial score (nSPS) is 16.7. The van der Waals surface area contributed by atoms with Crippen LogP contribution >= 0.6 is 11.8 Å². The van der Waals surface area contributed by atoms with Gasteiger partial charge in [-0.3, -0.25) is 9.59 Å². The van der Waals surface area contributed by atoms with Gasteiger partial charge in [0.2, 0.25) is 0 Å². The standard InChI is InChI=1S/C28H32N2O4S/c1-3-4-18-34-28(33)20-12-14-22(15-13-20)30-26(31)24(29-21-8-6-5-7-9-21)25(27(30)32)35-23-16-10-19(2)11-17-23/h10-17,21,29H,3-9,18H2,1-2H3. The van der Waals surface area contributed by atoms with E-state index in [1.807, 2.05) is 38.1 Å². The molecule has 0 atom stereocenters. The first-order valence-electron chi connectivity index (χ1n) is 12.4. The van der Waals surface area contributed by atoms with Gasteiger partial charge < -0.3 is 10.1 Å². The van der Waals surface area contributed by atoms with Crippen LogP contribution in [-0.2, 0) is 14.3 Å². The Morgan fingerprint density at radius 1 is 1.00 bits per heavy atom. The monoisotopic (exact) mass is 492 g/mol. The quantitative estimate of drug-likeness (QED) is 0.273. The van der Waals surface area contributed by atoms with E-state index >= 15 is 0 Å². The van der Waals surface area contributed by atoms with Crippen LogP contribution < -0.4 is 10.2 Å². The zero-order valence-electron chi connectivity index (χ0n) is 20.3. The van der Waals surface area contributed by atoms with Gasteiger partial charge in [-0.25, -0.2) is 9.69 Å². The number of rotatable bonds is 9. The third-order valence-electron chi connectivity index (χ3n) is 6.33. The zero-order chi connectivity index (χ0) is 24.8. The molecule has 0 spiro atoms. The van der Waals surface area contributed by atoms with Gasteiger partial charge in [0.1, 0.15) is 10.6 Å². The fourth-order valence-electron chi connectivity index (χ4n) is 4.28. The van der Waals surface area contributed by atoms with Gasteiger partial charge in [-0.2, -0.15) is 0 Å². The topological polar surface area (TPSA) is 75.7 Å². The lowest BCUT2D eigenvalue weighted by Crippen LogP contribution is -2.37. The van der Waals surface area contributed by atoms with Gasteiger partial charge in [0.25, 0.3) is 11.8 Å². The van der Waals surface area contributed by atoms with Crippen molar-refractivity contribution in [3.63, 3.8) is 0 Å². The number of anilines is 1. The maximum Gasteiger partial charge on any atom is 0.338 e. The Balaban J connectivity index is 1.57. The molecular weight excluding hydrogens is 460 g/mol. The lowest BCUT2D eigenvalue weighted by molar-refractivity contribution is -0.120. The molecule has 0 aromatic heterocycles. The average Bonchev–Trinajstić information content (AvgIpc) is 3.10. The summed E-state index contributed by atoms with van der Waals surface area (Å²) < 4.78 is 5.26. The molecule has 0 bridgehead atoms. The first-order valence-corrected chi connectivity index (χ1v) is 13.2. The summed E-state index contributed by atoms with van der Waals surface area (Å²) in [6.45, 7) is 4.42. The number of nitrogens with zero attached hydrogens (tertiary/aromatic N) is 1. The Bertz CT molecular complexity index is 1100. The molecule has 1 fully saturated rings. The van der Waals surface area contributed by atoms with Crippen LogP contribution in [0.4, 0.5) is 5.69 Å². The second-order valence-corrected chi connectivity index (χ2v) is 10.2. The number of ether oxygens (including phenoxy) is 1. The van der Waals surface area contributed by atoms with Gasteiger partial charge in [0.05, 0.1) is 17.9 Å². The van der Waals surface area contributed by atoms with Crippen molar-refractivity contribution in [2.45, 2.75) is 69.7 Å². The molecule has 2 aromatic rings. The molecule has 1 saturated carbocycles. The molecule has 0 radical (unpaired) electrons. The summed E-state index contributed by atoms with van der Waals surface area (Å²) in [5.74, 6) is -1.11. The van der Waals surface area contributed by atoms with E-state index in [0.29, 0.717) is 28.5 Å². The fourth-order valence-corrected chi connectivity index (χ4v) is 5.22. The van der Waals surface area contributed by atoms with Crippen molar-refractivity contribution in [2.24, 2.45) is 0 Å². The fraction of sp³-hybridized carbons (Fsp3) is 0.393. The number of amides is 2. The van der Waals surface area contributed by atoms with Crippen LogP contribution in [0.1, 0.15) is 67.8 Å². The van der Waals surface area contributed by atoms with Gasteiger partial charge in [-0.05, 0) is 62.6 Å². The number of carbonyl (C=O) groups is 3. The summed E-state index contributed by atoms with van der Waals surface area (Å²) in [7, 11) is 0. The van der Waals surface area contributed by atoms with Gasteiger partial charge in [0.15, 0.2) is 0 Å². The molecule has 1 N–H and O–H groups in total. The SMILES string of the molecule is CCCCOC(=O)c1ccc(N2C(=O)C(NC3CCCCC3)=C(Sc3ccc(C)cc3)C2=O)cc1. The highest BCUT2D eigenvalue weighted by Gasteiger charge is 2.41. The summed E-state index contributed by atoms with van der Waals surface area (Å²) in [5.41, 5.74) is 2.34. The number of benzene rings is 2. The van der Waals surface area contributed by atoms with Crippen molar-refractivity contribution in [3.05, 3.63) is 70.3 Å². The summed E-state index contributed by atoms with van der Waals surface area (Å²) in [4.78, 5) is 41.8. The third kappa shape index (κ3) is 5.96. The number of imide groups is 1. The molecule has 35 heavy (non-hydrogen) atoms. The molecule has 4 rings (SSSR count). The number of unbranched alkanes of at least 4 members (excludes halogenated alkanes) is 1. The lowest BCUT2D eigenvalue weighted by Gasteiger charge is -2.24. The van der Waals surface area contributed by atoms with Crippen molar-refractivity contribution in [1.29, 1.82) is 0 Å². The molecule has 1 heterocycles. The molecule has 0 saturated heterocycles. The minimum atomic E-state index is -0.405. The number of hydrogen-bond acceptors (Lipinski definition) is 6. The van der Waals surface area contributed by atoms with E-state index in [4.69, 9.17) is 4.74 Å². The molecule has 0 unspecified atom stereocenters. The maximum absolute atomic E-state index is 13.5. The first-order chi connectivity index (χ1) is 17.0. The van der Waals surface area contributed by atoms with Crippen molar-refractivity contribution < 1.29 is 19.1 Å². The second kappa shape index (κ2) is 11.6. The highest BCUT2D eigenvalue weighted by Crippen LogP contribution is 2.37. The molecule has 2 aromatic carbocycles. The van der Waals surface area contributed by atoms with Crippen LogP contribution in [0.3, 0.4) is 0 Å². The van der Waals surface area contributed by atoms with Gasteiger partial charge in [0, 0.05) is 10.9 Å². The summed E-state index contributed by atoms with van der Waals surface area (Å²) in [6.07, 6.45) is 7.17. The Labute approximate surface area is 211 Å². The van der Waals surface area contributed by atoms with Crippen LogP contribution in [0.2, 0.25) is 0 Å². The number of carbonyl (C=O) groups excluding carboxylic acids is 3. The molecule has 1 aliphatic carbocycles. The molecule has 6 nitrogen and oxygen atoms in total. The maximum atomic E-state index is 13.5. The number of aryl methyl sites for hydroxylation is 1. The van der Waals surface area contributed by atoms with Crippen LogP contribution in [0.5, 0.6) is 0 Å². The van der Waals surface area contributed by atoms with Crippen LogP contribution in [0.15, 0.2) is 64.0 Å². The zero-order valence-corrected chi connectivity index (χ0v) is 21.2. The highest BCUT2D eigenvalue weighted by molar-refractivity contribution is 8.04. The van der Waals surface area contributed by atoms with Crippen LogP contribution in [0, 0.1) is 6.92 Å². The van der Waals surface area contributed by atoms with Gasteiger partial charge in [-0.1, -0.05) is 62.1 Å². The number of esters is 1. The van der Waals surface area contributed by atoms with Crippen molar-refractivity contribution in [3.8, 4) is 0 Å². The van der Waals surface area contributed by atoms with Gasteiger partial charge in [-0.15, -0.1) is 0 Å². The van der Waals surface area contributed by atoms with E-state index in [2.05, 4.69) is 5.32 Å². The Morgan fingerprint density at radius 3 is 2.34 bits per heavy atom. The van der Waals surface area contributed by atoms with Crippen molar-refractivity contribution in [2.75, 3.05) is 11.5 Å². The summed E-state index contributed by atoms with van der Waals surface area (Å²) in [6, 6.07) is 14.6. The number of hydrogen-bond donors (Lipinski definition) is 1. The third-order valence-corrected chi connectivity index (χ3v) is 7.42. The van der Waals surface area contributed by atoms with E-state index in [1.165, 1.54) is 23.1 Å². The van der Waals surface area contributed by atoms with Crippen molar-refractivity contribution >= 4 is 35.2 Å². The smallest absolute Gasteiger partial charge is 0.338 e. The predicted molar refractivity (Wildman–Crippen MR) is 138 cm³/mol. The largest absolute Gasteiger partial charge is 0.462 e. The van der Waals surface area contributed by atoms with E-state index in [-0.39, 0.29) is 17.9 Å². The molecule has 2 aliphatic rings. The minimum Gasteiger partial charge on any atom is -0.462 e. The highest BCUT2D eigenvalue weighted by atomic mass is 32.2. The molecular formula is C28H32N2O4S. The van der Waals surface area contributed by atoms with Crippen LogP contribution in [-0.4, -0.2) is 30.4 Å². The Morgan fingerprint density at radius 2 is 1.69 bits per heavy atom. The molecule has 2 amide bonds. The molecule has 184 valence electrons. The average molecular weight is 493 g/mol. The second-order valence-electron chi connectivity index (χ2n) is 9.08. The van der Waals surface area contributed by atoms with Gasteiger partial charge >= 0.3 is 5.97 Å². The summed E-state index contributed by atoms with van der Waals surface area (Å²) in [5, 5.41) is 3.41. The Hall–Kier alpha value is -3.06. The van der Waals surface area contributed by atoms with Crippen LogP contribution in [0.25, 0.3) is 0 Å². The van der Waals surface area contributed by atoms with E-state index in [1.54, 1.807) is 24.3 Å². The van der Waals surface area contributed by atoms with Crippen molar-refractivity contribution in [1.82, 2.24) is 5.32 Å². The first kappa shape index (κ1) is 25.0. The van der Waals surface area contributed by atoms with E-state index in [0.717, 1.165) is 49.0 Å². The summed E-state index contributed by atoms with van der Waals surface area (Å²) >= 11 is 1.32. The molecule has 1 aliphatic heterocycles. The number of nitrogens with one attached hydrogen (secondary N) is 1.